The van der Waals surface area contributed by atoms with Crippen LogP contribution >= 0.6 is 0 Å². The van der Waals surface area contributed by atoms with Crippen molar-refractivity contribution in [1.82, 2.24) is 16.0 Å². The van der Waals surface area contributed by atoms with Crippen molar-refractivity contribution in [2.45, 2.75) is 65.2 Å². The Morgan fingerprint density at radius 3 is 1.31 bits per heavy atom. The number of phenols is 4. The van der Waals surface area contributed by atoms with E-state index in [4.69, 9.17) is 0 Å². The lowest BCUT2D eigenvalue weighted by Gasteiger charge is -2.11. The number of carbonyl (C=O) groups excluding carboxylic acids is 2. The number of aromatic hydroxyl groups is 4. The number of hydrogen-bond donors (Lipinski definition) is 7. The number of carbonyl (C=O) groups is 2. The van der Waals surface area contributed by atoms with Crippen molar-refractivity contribution >= 4 is 45.5 Å². The van der Waals surface area contributed by atoms with Crippen LogP contribution in [-0.2, 0) is 9.59 Å². The van der Waals surface area contributed by atoms with Gasteiger partial charge in [0.25, 0.3) is 0 Å². The average molecular weight is 668 g/mol. The summed E-state index contributed by atoms with van der Waals surface area (Å²) < 4.78 is 0. The largest absolute Gasteiger partial charge is 0.507 e. The van der Waals surface area contributed by atoms with Crippen LogP contribution in [-0.4, -0.2) is 58.4 Å². The predicted octanol–water partition coefficient (Wildman–Crippen LogP) is 7.10. The molecule has 9 nitrogen and oxygen atoms in total. The molecular weight excluding hydrogens is 618 g/mol. The highest BCUT2D eigenvalue weighted by Crippen LogP contribution is 2.41. The summed E-state index contributed by atoms with van der Waals surface area (Å²) in [5.41, 5.74) is 2.43. The summed E-state index contributed by atoms with van der Waals surface area (Å²) in [6.45, 7) is 6.29. The molecule has 7 N–H and O–H groups in total. The smallest absolute Gasteiger partial charge is 0.220 e. The molecule has 0 saturated carbocycles. The summed E-state index contributed by atoms with van der Waals surface area (Å²) in [4.78, 5) is 24.4. The Balaban J connectivity index is 0.996. The lowest BCUT2D eigenvalue weighted by atomic mass is 9.98. The Morgan fingerprint density at radius 2 is 0.918 bits per heavy atom. The monoisotopic (exact) mass is 667 g/mol. The molecule has 49 heavy (non-hydrogen) atoms. The Kier molecular flexibility index (Phi) is 13.9. The molecule has 0 heterocycles. The van der Waals surface area contributed by atoms with Crippen LogP contribution in [0.25, 0.3) is 33.7 Å². The van der Waals surface area contributed by atoms with Gasteiger partial charge in [-0.3, -0.25) is 9.59 Å². The Morgan fingerprint density at radius 1 is 0.551 bits per heavy atom. The summed E-state index contributed by atoms with van der Waals surface area (Å²) in [6.07, 6.45) is 12.6. The van der Waals surface area contributed by atoms with Gasteiger partial charge in [0.05, 0.1) is 0 Å². The first-order chi connectivity index (χ1) is 23.7. The zero-order chi connectivity index (χ0) is 35.2. The third-order valence-electron chi connectivity index (χ3n) is 8.73. The number of nitrogens with one attached hydrogen (secondary N) is 3. The van der Waals surface area contributed by atoms with Crippen molar-refractivity contribution in [3.05, 3.63) is 82.9 Å². The summed E-state index contributed by atoms with van der Waals surface area (Å²) >= 11 is 0. The van der Waals surface area contributed by atoms with Crippen molar-refractivity contribution in [2.24, 2.45) is 0 Å². The molecule has 4 aromatic rings. The minimum absolute atomic E-state index is 0.00947. The third-order valence-corrected chi connectivity index (χ3v) is 8.73. The van der Waals surface area contributed by atoms with E-state index < -0.39 is 0 Å². The Bertz CT molecular complexity index is 1680. The standard InChI is InChI=1S/C40H49N3O6/c1-27-29(39(48)33-19-11-9-17-31(33)37(27)46)15-5-3-7-21-35(44)42-25-13-23-41-24-14-26-43-36(45)22-8-4-6-16-30-28(2)38(47)32-18-10-12-20-34(32)40(30)49/h5-6,9-12,15-20,41,46-49H,3-4,7-8,13-14,21-26H2,1-2H3,(H,42,44)(H,43,45)/b15-5+,16-6+. The molecule has 0 unspecified atom stereocenters. The van der Waals surface area contributed by atoms with Crippen molar-refractivity contribution in [3.63, 3.8) is 0 Å². The van der Waals surface area contributed by atoms with E-state index in [-0.39, 0.29) is 34.8 Å². The number of allylic oxidation sites excluding steroid dienone is 2. The predicted molar refractivity (Wildman–Crippen MR) is 198 cm³/mol. The molecule has 0 radical (unpaired) electrons. The molecule has 9 heteroatoms. The van der Waals surface area contributed by atoms with Crippen LogP contribution in [0.5, 0.6) is 23.0 Å². The summed E-state index contributed by atoms with van der Waals surface area (Å²) in [6, 6.07) is 14.4. The highest BCUT2D eigenvalue weighted by Gasteiger charge is 2.15. The lowest BCUT2D eigenvalue weighted by Crippen LogP contribution is -2.29. The van der Waals surface area contributed by atoms with E-state index in [2.05, 4.69) is 16.0 Å². The molecule has 2 amide bonds. The molecule has 4 aromatic carbocycles. The van der Waals surface area contributed by atoms with Crippen LogP contribution in [0.15, 0.2) is 60.7 Å². The quantitative estimate of drug-likeness (QED) is 0.0442. The van der Waals surface area contributed by atoms with E-state index in [0.29, 0.717) is 95.4 Å². The normalized spacial score (nSPS) is 11.6. The van der Waals surface area contributed by atoms with E-state index in [0.717, 1.165) is 25.9 Å². The SMILES string of the molecule is Cc1c(/C=C/CCCC(=O)NCCCNCCCNC(=O)CCC/C=C/c2c(C)c(O)c3ccccc3c2O)c(O)c2ccccc2c1O. The Hall–Kier alpha value is -5.02. The van der Waals surface area contributed by atoms with Gasteiger partial charge in [-0.1, -0.05) is 72.8 Å². The van der Waals surface area contributed by atoms with Crippen LogP contribution in [0, 0.1) is 13.8 Å². The van der Waals surface area contributed by atoms with Crippen molar-refractivity contribution in [2.75, 3.05) is 26.2 Å². The number of fused-ring (bicyclic) bond motifs is 2. The van der Waals surface area contributed by atoms with Gasteiger partial charge in [0.2, 0.25) is 11.8 Å². The molecule has 0 aromatic heterocycles. The zero-order valence-electron chi connectivity index (χ0n) is 28.5. The van der Waals surface area contributed by atoms with Crippen LogP contribution < -0.4 is 16.0 Å². The fourth-order valence-electron chi connectivity index (χ4n) is 5.85. The van der Waals surface area contributed by atoms with Crippen LogP contribution in [0.2, 0.25) is 0 Å². The van der Waals surface area contributed by atoms with Gasteiger partial charge in [0.15, 0.2) is 0 Å². The minimum atomic E-state index is 0.00947. The molecule has 260 valence electrons. The molecule has 0 aliphatic heterocycles. The van der Waals surface area contributed by atoms with Crippen molar-refractivity contribution < 1.29 is 30.0 Å². The van der Waals surface area contributed by atoms with Crippen LogP contribution in [0.1, 0.15) is 73.6 Å². The van der Waals surface area contributed by atoms with Gasteiger partial charge in [-0.25, -0.2) is 0 Å². The van der Waals surface area contributed by atoms with Gasteiger partial charge in [-0.05, 0) is 65.5 Å². The van der Waals surface area contributed by atoms with Crippen molar-refractivity contribution in [3.8, 4) is 23.0 Å². The zero-order valence-corrected chi connectivity index (χ0v) is 28.5. The maximum absolute atomic E-state index is 12.2. The molecule has 0 spiro atoms. The second-order valence-electron chi connectivity index (χ2n) is 12.3. The molecule has 0 saturated heterocycles. The van der Waals surface area contributed by atoms with Gasteiger partial charge in [-0.2, -0.15) is 0 Å². The van der Waals surface area contributed by atoms with E-state index >= 15 is 0 Å². The summed E-state index contributed by atoms with van der Waals surface area (Å²) in [5, 5.41) is 54.0. The van der Waals surface area contributed by atoms with Gasteiger partial charge < -0.3 is 36.4 Å². The topological polar surface area (TPSA) is 151 Å². The van der Waals surface area contributed by atoms with Crippen LogP contribution in [0.3, 0.4) is 0 Å². The number of hydrogen-bond acceptors (Lipinski definition) is 7. The van der Waals surface area contributed by atoms with Gasteiger partial charge in [0.1, 0.15) is 23.0 Å². The molecule has 4 rings (SSSR count). The van der Waals surface area contributed by atoms with Crippen LogP contribution in [0.4, 0.5) is 0 Å². The highest BCUT2D eigenvalue weighted by atomic mass is 16.3. The second-order valence-corrected chi connectivity index (χ2v) is 12.3. The number of phenolic OH excluding ortho intramolecular Hbond substituents is 4. The molecule has 0 fully saturated rings. The fourth-order valence-corrected chi connectivity index (χ4v) is 5.85. The highest BCUT2D eigenvalue weighted by molar-refractivity contribution is 5.98. The molecule has 0 bridgehead atoms. The number of benzene rings is 4. The number of rotatable bonds is 18. The second kappa shape index (κ2) is 18.5. The summed E-state index contributed by atoms with van der Waals surface area (Å²) in [7, 11) is 0. The number of amides is 2. The lowest BCUT2D eigenvalue weighted by molar-refractivity contribution is -0.122. The minimum Gasteiger partial charge on any atom is -0.507 e. The first kappa shape index (κ1) is 36.8. The maximum Gasteiger partial charge on any atom is 0.220 e. The van der Waals surface area contributed by atoms with E-state index in [1.54, 1.807) is 50.3 Å². The first-order valence-corrected chi connectivity index (χ1v) is 17.1. The van der Waals surface area contributed by atoms with Gasteiger partial charge >= 0.3 is 0 Å². The molecule has 0 aliphatic rings. The average Bonchev–Trinajstić information content (AvgIpc) is 3.11. The third kappa shape index (κ3) is 9.99. The maximum atomic E-state index is 12.2. The van der Waals surface area contributed by atoms with E-state index in [1.807, 2.05) is 36.4 Å². The fraction of sp³-hybridized carbons (Fsp3) is 0.350. The molecule has 0 atom stereocenters. The molecular formula is C40H49N3O6. The first-order valence-electron chi connectivity index (χ1n) is 17.1. The van der Waals surface area contributed by atoms with Gasteiger partial charge in [0, 0.05) is 69.7 Å². The van der Waals surface area contributed by atoms with E-state index in [9.17, 15) is 30.0 Å². The van der Waals surface area contributed by atoms with Gasteiger partial charge in [-0.15, -0.1) is 0 Å². The van der Waals surface area contributed by atoms with E-state index in [1.165, 1.54) is 0 Å². The van der Waals surface area contributed by atoms with Crippen molar-refractivity contribution in [1.29, 1.82) is 0 Å². The Labute approximate surface area is 288 Å². The number of unbranched alkanes of at least 4 members (excludes halogenated alkanes) is 2. The molecule has 0 aliphatic carbocycles. The summed E-state index contributed by atoms with van der Waals surface area (Å²) in [5.74, 6) is 0.648.